The van der Waals surface area contributed by atoms with Crippen molar-refractivity contribution in [2.45, 2.75) is 32.6 Å². The normalized spacial score (nSPS) is 27.9. The molecular formula is C12H19N. The first kappa shape index (κ1) is 8.86. The Labute approximate surface area is 81.1 Å². The minimum Gasteiger partial charge on any atom is -0.375 e. The highest BCUT2D eigenvalue weighted by molar-refractivity contribution is 5.20. The second-order valence-corrected chi connectivity index (χ2v) is 4.05. The Hall–Kier alpha value is -0.720. The van der Waals surface area contributed by atoms with Crippen molar-refractivity contribution in [3.63, 3.8) is 0 Å². The predicted octanol–water partition coefficient (Wildman–Crippen LogP) is 2.95. The molecule has 0 saturated carbocycles. The molecule has 13 heavy (non-hydrogen) atoms. The first-order valence-electron chi connectivity index (χ1n) is 5.53. The first-order valence-corrected chi connectivity index (χ1v) is 5.53. The van der Waals surface area contributed by atoms with Gasteiger partial charge in [0.15, 0.2) is 0 Å². The van der Waals surface area contributed by atoms with Gasteiger partial charge in [-0.2, -0.15) is 0 Å². The van der Waals surface area contributed by atoms with Crippen LogP contribution in [0.2, 0.25) is 0 Å². The van der Waals surface area contributed by atoms with Crippen LogP contribution in [0, 0.1) is 5.92 Å². The van der Waals surface area contributed by atoms with Gasteiger partial charge in [0.25, 0.3) is 0 Å². The monoisotopic (exact) mass is 177 g/mol. The molecular weight excluding hydrogens is 158 g/mol. The molecule has 0 spiro atoms. The van der Waals surface area contributed by atoms with E-state index in [4.69, 9.17) is 0 Å². The van der Waals surface area contributed by atoms with Gasteiger partial charge in [-0.15, -0.1) is 0 Å². The molecule has 1 unspecified atom stereocenters. The minimum absolute atomic E-state index is 0.795. The summed E-state index contributed by atoms with van der Waals surface area (Å²) in [4.78, 5) is 2.58. The summed E-state index contributed by atoms with van der Waals surface area (Å²) in [7, 11) is 0. The molecule has 0 aromatic carbocycles. The first-order chi connectivity index (χ1) is 6.42. The fourth-order valence-corrected chi connectivity index (χ4v) is 2.38. The highest BCUT2D eigenvalue weighted by Crippen LogP contribution is 2.28. The molecule has 0 aromatic rings. The zero-order valence-corrected chi connectivity index (χ0v) is 8.50. The van der Waals surface area contributed by atoms with Crippen molar-refractivity contribution in [2.75, 3.05) is 13.1 Å². The summed E-state index contributed by atoms with van der Waals surface area (Å²) in [6.45, 7) is 4.88. The van der Waals surface area contributed by atoms with Crippen LogP contribution >= 0.6 is 0 Å². The fourth-order valence-electron chi connectivity index (χ4n) is 2.38. The van der Waals surface area contributed by atoms with Crippen LogP contribution in [0.4, 0.5) is 0 Å². The van der Waals surface area contributed by atoms with E-state index in [-0.39, 0.29) is 0 Å². The standard InChI is InChI=1S/C12H19N/c1-2-11-7-3-4-8-12(11)13-9-5-6-10-13/h3-4,8,11H,2,5-7,9-10H2,1H3. The highest BCUT2D eigenvalue weighted by Gasteiger charge is 2.21. The molecule has 72 valence electrons. The van der Waals surface area contributed by atoms with Gasteiger partial charge < -0.3 is 4.90 Å². The molecule has 2 aliphatic rings. The Balaban J connectivity index is 2.08. The van der Waals surface area contributed by atoms with Gasteiger partial charge in [0.1, 0.15) is 0 Å². The molecule has 1 heterocycles. The molecule has 0 N–H and O–H groups in total. The maximum Gasteiger partial charge on any atom is 0.0175 e. The second-order valence-electron chi connectivity index (χ2n) is 4.05. The van der Waals surface area contributed by atoms with Crippen molar-refractivity contribution in [3.8, 4) is 0 Å². The molecule has 1 fully saturated rings. The predicted molar refractivity (Wildman–Crippen MR) is 56.4 cm³/mol. The van der Waals surface area contributed by atoms with Gasteiger partial charge in [0.05, 0.1) is 0 Å². The number of rotatable bonds is 2. The van der Waals surface area contributed by atoms with Gasteiger partial charge in [-0.3, -0.25) is 0 Å². The van der Waals surface area contributed by atoms with Crippen molar-refractivity contribution in [2.24, 2.45) is 5.92 Å². The third-order valence-corrected chi connectivity index (χ3v) is 3.21. The number of hydrogen-bond acceptors (Lipinski definition) is 1. The maximum atomic E-state index is 2.58. The highest BCUT2D eigenvalue weighted by atomic mass is 15.2. The Bertz CT molecular complexity index is 221. The van der Waals surface area contributed by atoms with Gasteiger partial charge in [-0.25, -0.2) is 0 Å². The largest absolute Gasteiger partial charge is 0.375 e. The van der Waals surface area contributed by atoms with Crippen molar-refractivity contribution in [1.82, 2.24) is 4.90 Å². The Morgan fingerprint density at radius 1 is 1.38 bits per heavy atom. The van der Waals surface area contributed by atoms with E-state index in [1.807, 2.05) is 0 Å². The van der Waals surface area contributed by atoms with Gasteiger partial charge in [0, 0.05) is 24.7 Å². The van der Waals surface area contributed by atoms with Gasteiger partial charge >= 0.3 is 0 Å². The van der Waals surface area contributed by atoms with Gasteiger partial charge in [-0.05, 0) is 31.8 Å². The quantitative estimate of drug-likeness (QED) is 0.627. The molecule has 0 bridgehead atoms. The molecule has 1 aliphatic heterocycles. The van der Waals surface area contributed by atoms with E-state index in [0.717, 1.165) is 5.92 Å². The third-order valence-electron chi connectivity index (χ3n) is 3.21. The molecule has 0 aromatic heterocycles. The molecule has 1 aliphatic carbocycles. The van der Waals surface area contributed by atoms with Crippen molar-refractivity contribution < 1.29 is 0 Å². The summed E-state index contributed by atoms with van der Waals surface area (Å²) in [6.07, 6.45) is 12.1. The number of likely N-dealkylation sites (tertiary alicyclic amines) is 1. The van der Waals surface area contributed by atoms with Crippen LogP contribution in [0.25, 0.3) is 0 Å². The second kappa shape index (κ2) is 3.99. The van der Waals surface area contributed by atoms with E-state index in [1.165, 1.54) is 38.8 Å². The van der Waals surface area contributed by atoms with E-state index in [1.54, 1.807) is 5.70 Å². The fraction of sp³-hybridized carbons (Fsp3) is 0.667. The minimum atomic E-state index is 0.795. The molecule has 1 atom stereocenters. The van der Waals surface area contributed by atoms with Gasteiger partial charge in [-0.1, -0.05) is 19.1 Å². The SMILES string of the molecule is CCC1CC=CC=C1N1CCCC1. The van der Waals surface area contributed by atoms with Crippen LogP contribution < -0.4 is 0 Å². The lowest BCUT2D eigenvalue weighted by Crippen LogP contribution is -2.24. The lowest BCUT2D eigenvalue weighted by molar-refractivity contribution is 0.353. The molecule has 0 amide bonds. The summed E-state index contributed by atoms with van der Waals surface area (Å²) >= 11 is 0. The zero-order chi connectivity index (χ0) is 9.10. The Morgan fingerprint density at radius 3 is 2.85 bits per heavy atom. The lowest BCUT2D eigenvalue weighted by Gasteiger charge is -2.29. The molecule has 1 heteroatoms. The van der Waals surface area contributed by atoms with Crippen LogP contribution in [-0.4, -0.2) is 18.0 Å². The average molecular weight is 177 g/mol. The van der Waals surface area contributed by atoms with Crippen LogP contribution in [0.3, 0.4) is 0 Å². The van der Waals surface area contributed by atoms with E-state index in [2.05, 4.69) is 30.1 Å². The Kier molecular flexibility index (Phi) is 2.72. The summed E-state index contributed by atoms with van der Waals surface area (Å²) < 4.78 is 0. The van der Waals surface area contributed by atoms with Gasteiger partial charge in [0.2, 0.25) is 0 Å². The van der Waals surface area contributed by atoms with Crippen molar-refractivity contribution in [1.29, 1.82) is 0 Å². The maximum absolute atomic E-state index is 2.58. The molecule has 2 rings (SSSR count). The van der Waals surface area contributed by atoms with Crippen LogP contribution in [0.5, 0.6) is 0 Å². The Morgan fingerprint density at radius 2 is 2.15 bits per heavy atom. The molecule has 1 nitrogen and oxygen atoms in total. The number of nitrogens with zero attached hydrogens (tertiary/aromatic N) is 1. The third kappa shape index (κ3) is 1.79. The smallest absolute Gasteiger partial charge is 0.0175 e. The molecule has 1 saturated heterocycles. The van der Waals surface area contributed by atoms with Crippen LogP contribution in [0.1, 0.15) is 32.6 Å². The van der Waals surface area contributed by atoms with Crippen molar-refractivity contribution >= 4 is 0 Å². The van der Waals surface area contributed by atoms with E-state index >= 15 is 0 Å². The summed E-state index contributed by atoms with van der Waals surface area (Å²) in [6, 6.07) is 0. The molecule has 0 radical (unpaired) electrons. The van der Waals surface area contributed by atoms with E-state index < -0.39 is 0 Å². The summed E-state index contributed by atoms with van der Waals surface area (Å²) in [5, 5.41) is 0. The van der Waals surface area contributed by atoms with Crippen molar-refractivity contribution in [3.05, 3.63) is 23.9 Å². The topological polar surface area (TPSA) is 3.24 Å². The zero-order valence-electron chi connectivity index (χ0n) is 8.50. The summed E-state index contributed by atoms with van der Waals surface area (Å²) in [5.74, 6) is 0.795. The summed E-state index contributed by atoms with van der Waals surface area (Å²) in [5.41, 5.74) is 1.60. The van der Waals surface area contributed by atoms with E-state index in [9.17, 15) is 0 Å². The van der Waals surface area contributed by atoms with Crippen LogP contribution in [0.15, 0.2) is 23.9 Å². The van der Waals surface area contributed by atoms with Crippen LogP contribution in [-0.2, 0) is 0 Å². The average Bonchev–Trinajstić information content (AvgIpc) is 2.70. The number of allylic oxidation sites excluding steroid dienone is 4. The van der Waals surface area contributed by atoms with E-state index in [0.29, 0.717) is 0 Å². The number of hydrogen-bond donors (Lipinski definition) is 0. The lowest BCUT2D eigenvalue weighted by atomic mass is 9.93.